The first-order valence-corrected chi connectivity index (χ1v) is 27.6. The Labute approximate surface area is 438 Å². The van der Waals surface area contributed by atoms with Gasteiger partial charge >= 0.3 is 0 Å². The maximum absolute atomic E-state index is 14.3. The number of nitrogens with two attached hydrogens (primary N) is 9. The van der Waals surface area contributed by atoms with E-state index in [1.54, 1.807) is 6.92 Å². The zero-order valence-electron chi connectivity index (χ0n) is 45.3. The van der Waals surface area contributed by atoms with Crippen LogP contribution in [0.1, 0.15) is 168 Å². The van der Waals surface area contributed by atoms with Gasteiger partial charge in [-0.15, -0.1) is 0 Å². The van der Waals surface area contributed by atoms with E-state index in [0.29, 0.717) is 142 Å². The predicted octanol–water partition coefficient (Wildman–Crippen LogP) is -0.643. The molecule has 5 amide bonds. The molecule has 0 aromatic carbocycles. The van der Waals surface area contributed by atoms with Crippen molar-refractivity contribution >= 4 is 35.3 Å². The van der Waals surface area contributed by atoms with Gasteiger partial charge in [-0.05, 0) is 162 Å². The Morgan fingerprint density at radius 2 is 0.877 bits per heavy atom. The van der Waals surface area contributed by atoms with Crippen LogP contribution in [0.2, 0.25) is 0 Å². The van der Waals surface area contributed by atoms with E-state index in [1.807, 2.05) is 13.8 Å². The van der Waals surface area contributed by atoms with Gasteiger partial charge in [0.15, 0.2) is 0 Å². The molecule has 0 aliphatic rings. The molecular formula is C51H106N14O8. The number of ketones is 1. The van der Waals surface area contributed by atoms with Gasteiger partial charge in [0.1, 0.15) is 11.8 Å². The highest BCUT2D eigenvalue weighted by molar-refractivity contribution is 5.89. The summed E-state index contributed by atoms with van der Waals surface area (Å²) in [6.07, 6.45) is 12.0. The molecule has 73 heavy (non-hydrogen) atoms. The molecule has 0 fully saturated rings. The lowest BCUT2D eigenvalue weighted by atomic mass is 9.76. The van der Waals surface area contributed by atoms with Crippen molar-refractivity contribution in [1.82, 2.24) is 26.6 Å². The number of hydrogen-bond acceptors (Lipinski definition) is 17. The highest BCUT2D eigenvalue weighted by Crippen LogP contribution is 2.29. The summed E-state index contributed by atoms with van der Waals surface area (Å²) < 4.78 is 5.87. The predicted molar refractivity (Wildman–Crippen MR) is 290 cm³/mol. The number of hydrogen-bond donors (Lipinski definition) is 15. The van der Waals surface area contributed by atoms with Crippen molar-refractivity contribution in [3.05, 3.63) is 0 Å². The number of ether oxygens (including phenoxy) is 1. The van der Waals surface area contributed by atoms with Crippen molar-refractivity contribution in [1.29, 1.82) is 0 Å². The molecule has 24 N–H and O–H groups in total. The molecular weight excluding hydrogens is 937 g/mol. The molecule has 0 radical (unpaired) electrons. The van der Waals surface area contributed by atoms with Gasteiger partial charge in [-0.3, -0.25) is 28.8 Å². The second kappa shape index (κ2) is 42.8. The summed E-state index contributed by atoms with van der Waals surface area (Å²) in [6.45, 7) is 8.85. The monoisotopic (exact) mass is 1040 g/mol. The molecule has 0 aliphatic carbocycles. The van der Waals surface area contributed by atoms with Gasteiger partial charge in [-0.1, -0.05) is 32.1 Å². The fraction of sp³-hybridized carbons (Fsp3) is 0.882. The molecule has 0 rings (SSSR count). The van der Waals surface area contributed by atoms with Crippen LogP contribution in [-0.4, -0.2) is 147 Å². The molecule has 0 aliphatic heterocycles. The third-order valence-corrected chi connectivity index (χ3v) is 13.2. The lowest BCUT2D eigenvalue weighted by molar-refractivity contribution is -0.130. The van der Waals surface area contributed by atoms with Crippen LogP contribution < -0.4 is 78.2 Å². The third kappa shape index (κ3) is 34.7. The summed E-state index contributed by atoms with van der Waals surface area (Å²) in [5.41, 5.74) is 53.5. The maximum Gasteiger partial charge on any atom is 0.242 e. The lowest BCUT2D eigenvalue weighted by Gasteiger charge is -2.32. The van der Waals surface area contributed by atoms with Crippen molar-refractivity contribution in [3.8, 4) is 0 Å². The largest absolute Gasteiger partial charge is 0.391 e. The maximum atomic E-state index is 14.3. The summed E-state index contributed by atoms with van der Waals surface area (Å²) in [6, 6.07) is -4.26. The highest BCUT2D eigenvalue weighted by atomic mass is 16.5. The van der Waals surface area contributed by atoms with Crippen LogP contribution in [0.15, 0.2) is 0 Å². The van der Waals surface area contributed by atoms with E-state index in [2.05, 4.69) is 26.6 Å². The van der Waals surface area contributed by atoms with Crippen molar-refractivity contribution in [2.24, 2.45) is 63.4 Å². The van der Waals surface area contributed by atoms with E-state index in [-0.39, 0.29) is 55.5 Å². The minimum Gasteiger partial charge on any atom is -0.391 e. The topological polar surface area (TPSA) is 426 Å². The first-order chi connectivity index (χ1) is 34.7. The van der Waals surface area contributed by atoms with E-state index in [4.69, 9.17) is 56.3 Å². The minimum absolute atomic E-state index is 0.0157. The van der Waals surface area contributed by atoms with Gasteiger partial charge in [0.2, 0.25) is 29.5 Å². The van der Waals surface area contributed by atoms with Crippen molar-refractivity contribution in [2.45, 2.75) is 216 Å². The molecule has 0 spiro atoms. The van der Waals surface area contributed by atoms with Gasteiger partial charge in [-0.25, -0.2) is 0 Å². The first kappa shape index (κ1) is 69.6. The Morgan fingerprint density at radius 1 is 0.479 bits per heavy atom. The Balaban J connectivity index is 6.07. The number of rotatable bonds is 48. The zero-order valence-corrected chi connectivity index (χ0v) is 45.3. The van der Waals surface area contributed by atoms with E-state index in [0.717, 1.165) is 38.5 Å². The number of amides is 5. The molecule has 0 saturated heterocycles. The van der Waals surface area contributed by atoms with Crippen LogP contribution >= 0.6 is 0 Å². The van der Waals surface area contributed by atoms with Crippen LogP contribution in [0.5, 0.6) is 0 Å². The summed E-state index contributed by atoms with van der Waals surface area (Å²) >= 11 is 0. The number of aliphatic hydroxyl groups is 1. The standard InChI is InChI=1S/C51H106N14O8/c1-36(66)35-73-51(2,3)25-33-64-46(68)37(38(39(56)19-4-11-26-52)34-45(67)40(57)20-9-16-30-61-47(69)41(58)21-5-12-27-53)18-8-15-32-63-50(72)44(65-49(71)43(60)23-7-14-29-55)24-10-17-31-62-48(70)42(59)22-6-13-28-54/h36-44,66H,4-35,52-60H2,1-3H3,(H,61,69)(H,62,70)(H,63,72)(H,64,68)(H,65,71). The van der Waals surface area contributed by atoms with Gasteiger partial charge in [0.25, 0.3) is 0 Å². The molecule has 0 aromatic rings. The molecule has 0 aromatic heterocycles. The van der Waals surface area contributed by atoms with E-state index < -0.39 is 65.7 Å². The van der Waals surface area contributed by atoms with Crippen molar-refractivity contribution in [3.63, 3.8) is 0 Å². The number of aliphatic hydroxyl groups excluding tert-OH is 1. The molecule has 0 heterocycles. The average Bonchev–Trinajstić information content (AvgIpc) is 3.35. The van der Waals surface area contributed by atoms with Crippen LogP contribution in [0.4, 0.5) is 0 Å². The molecule has 22 heteroatoms. The molecule has 0 bridgehead atoms. The quantitative estimate of drug-likeness (QED) is 0.0337. The van der Waals surface area contributed by atoms with Crippen LogP contribution in [-0.2, 0) is 33.5 Å². The average molecular weight is 1040 g/mol. The van der Waals surface area contributed by atoms with Gasteiger partial charge in [0.05, 0.1) is 42.5 Å². The van der Waals surface area contributed by atoms with E-state index in [1.165, 1.54) is 0 Å². The first-order valence-electron chi connectivity index (χ1n) is 27.6. The fourth-order valence-corrected chi connectivity index (χ4v) is 8.39. The molecule has 0 saturated carbocycles. The van der Waals surface area contributed by atoms with Gasteiger partial charge in [0, 0.05) is 44.6 Å². The summed E-state index contributed by atoms with van der Waals surface area (Å²) in [7, 11) is 0. The Morgan fingerprint density at radius 3 is 1.36 bits per heavy atom. The third-order valence-electron chi connectivity index (χ3n) is 13.2. The normalized spacial score (nSPS) is 15.5. The minimum atomic E-state index is -0.880. The van der Waals surface area contributed by atoms with E-state index in [9.17, 15) is 33.9 Å². The molecule has 9 unspecified atom stereocenters. The molecule has 9 atom stereocenters. The number of carbonyl (C=O) groups excluding carboxylic acids is 6. The van der Waals surface area contributed by atoms with Crippen molar-refractivity contribution < 1.29 is 38.6 Å². The number of Topliss-reactive ketones (excluding diaryl/α,β-unsaturated/α-hetero) is 1. The Hall–Kier alpha value is -3.42. The highest BCUT2D eigenvalue weighted by Gasteiger charge is 2.35. The number of carbonyl (C=O) groups is 6. The number of unbranched alkanes of at least 4 members (excludes halogenated alkanes) is 7. The smallest absolute Gasteiger partial charge is 0.242 e. The summed E-state index contributed by atoms with van der Waals surface area (Å²) in [5.74, 6) is -3.01. The summed E-state index contributed by atoms with van der Waals surface area (Å²) in [5, 5.41) is 24.3. The SMILES string of the molecule is CC(O)COC(C)(C)CCNC(=O)C(CCCCNC(=O)C(CCCCNC(=O)C(N)CCCCN)NC(=O)C(N)CCCCN)C(CC(=O)C(N)CCCCNC(=O)C(N)CCCCN)C(N)CCCCN. The van der Waals surface area contributed by atoms with Gasteiger partial charge < -0.3 is 88.0 Å². The second-order valence-corrected chi connectivity index (χ2v) is 20.6. The molecule has 22 nitrogen and oxygen atoms in total. The second-order valence-electron chi connectivity index (χ2n) is 20.6. The Bertz CT molecular complexity index is 1500. The van der Waals surface area contributed by atoms with Crippen molar-refractivity contribution in [2.75, 3.05) is 59.0 Å². The Kier molecular flexibility index (Phi) is 40.8. The fourth-order valence-electron chi connectivity index (χ4n) is 8.39. The van der Waals surface area contributed by atoms with E-state index >= 15 is 0 Å². The molecule has 428 valence electrons. The number of nitrogens with one attached hydrogen (secondary N) is 5. The van der Waals surface area contributed by atoms with Crippen LogP contribution in [0.3, 0.4) is 0 Å². The lowest BCUT2D eigenvalue weighted by Crippen LogP contribution is -2.51. The van der Waals surface area contributed by atoms with Gasteiger partial charge in [-0.2, -0.15) is 0 Å². The summed E-state index contributed by atoms with van der Waals surface area (Å²) in [4.78, 5) is 79.9. The van der Waals surface area contributed by atoms with Crippen LogP contribution in [0, 0.1) is 11.8 Å². The van der Waals surface area contributed by atoms with Crippen LogP contribution in [0.25, 0.3) is 0 Å². The zero-order chi connectivity index (χ0) is 55.0.